The quantitative estimate of drug-likeness (QED) is 0.595. The molecule has 3 unspecified atom stereocenters. The van der Waals surface area contributed by atoms with E-state index in [1.54, 1.807) is 7.11 Å². The third kappa shape index (κ3) is 11.0. The molecule has 0 aliphatic heterocycles. The molecule has 0 bridgehead atoms. The first-order chi connectivity index (χ1) is 8.45. The van der Waals surface area contributed by atoms with Gasteiger partial charge in [-0.2, -0.15) is 0 Å². The van der Waals surface area contributed by atoms with E-state index >= 15 is 0 Å². The highest BCUT2D eigenvalue weighted by Crippen LogP contribution is 2.06. The van der Waals surface area contributed by atoms with Crippen molar-refractivity contribution in [3.63, 3.8) is 0 Å². The second-order valence-corrected chi connectivity index (χ2v) is 5.53. The van der Waals surface area contributed by atoms with E-state index in [1.807, 2.05) is 6.92 Å². The average molecular weight is 261 g/mol. The molecule has 0 fully saturated rings. The molecule has 4 nitrogen and oxygen atoms in total. The van der Waals surface area contributed by atoms with Crippen molar-refractivity contribution < 1.29 is 14.6 Å². The Morgan fingerprint density at radius 2 is 1.72 bits per heavy atom. The lowest BCUT2D eigenvalue weighted by atomic mass is 10.0. The Labute approximate surface area is 112 Å². The van der Waals surface area contributed by atoms with Crippen LogP contribution in [0.2, 0.25) is 0 Å². The topological polar surface area (TPSA) is 50.7 Å². The highest BCUT2D eigenvalue weighted by molar-refractivity contribution is 4.66. The van der Waals surface area contributed by atoms with Gasteiger partial charge in [0.25, 0.3) is 0 Å². The minimum atomic E-state index is -0.453. The zero-order valence-corrected chi connectivity index (χ0v) is 12.6. The molecule has 0 aromatic carbocycles. The Bertz CT molecular complexity index is 188. The first-order valence-corrected chi connectivity index (χ1v) is 6.97. The monoisotopic (exact) mass is 261 g/mol. The van der Waals surface area contributed by atoms with Gasteiger partial charge in [0.15, 0.2) is 0 Å². The normalized spacial score (nSPS) is 16.8. The fraction of sp³-hybridized carbons (Fsp3) is 1.00. The van der Waals surface area contributed by atoms with Crippen molar-refractivity contribution in [2.75, 3.05) is 26.9 Å². The molecule has 0 radical (unpaired) electrons. The first kappa shape index (κ1) is 17.8. The lowest BCUT2D eigenvalue weighted by Crippen LogP contribution is -2.37. The van der Waals surface area contributed by atoms with Crippen LogP contribution in [-0.4, -0.2) is 50.2 Å². The highest BCUT2D eigenvalue weighted by atomic mass is 16.5. The van der Waals surface area contributed by atoms with Crippen LogP contribution >= 0.6 is 0 Å². The van der Waals surface area contributed by atoms with E-state index in [0.717, 1.165) is 12.3 Å². The van der Waals surface area contributed by atoms with Crippen molar-refractivity contribution in [2.45, 2.75) is 58.8 Å². The summed E-state index contributed by atoms with van der Waals surface area (Å²) in [6.07, 6.45) is 1.94. The summed E-state index contributed by atoms with van der Waals surface area (Å²) >= 11 is 0. The van der Waals surface area contributed by atoms with Crippen molar-refractivity contribution in [3.05, 3.63) is 0 Å². The van der Waals surface area contributed by atoms with Gasteiger partial charge in [-0.05, 0) is 32.6 Å². The molecule has 0 amide bonds. The summed E-state index contributed by atoms with van der Waals surface area (Å²) in [5.41, 5.74) is 0. The van der Waals surface area contributed by atoms with Crippen molar-refractivity contribution in [2.24, 2.45) is 5.92 Å². The minimum Gasteiger partial charge on any atom is -0.389 e. The van der Waals surface area contributed by atoms with E-state index in [0.29, 0.717) is 25.8 Å². The van der Waals surface area contributed by atoms with Crippen LogP contribution in [0.3, 0.4) is 0 Å². The molecular formula is C14H31NO3. The molecule has 110 valence electrons. The van der Waals surface area contributed by atoms with Crippen molar-refractivity contribution in [3.8, 4) is 0 Å². The summed E-state index contributed by atoms with van der Waals surface area (Å²) < 4.78 is 10.4. The molecule has 0 aliphatic carbocycles. The van der Waals surface area contributed by atoms with Crippen LogP contribution in [0.5, 0.6) is 0 Å². The van der Waals surface area contributed by atoms with Crippen LogP contribution in [0.1, 0.15) is 40.5 Å². The molecule has 0 rings (SSSR count). The maximum absolute atomic E-state index is 9.76. The Kier molecular flexibility index (Phi) is 10.6. The van der Waals surface area contributed by atoms with E-state index in [1.165, 1.54) is 6.42 Å². The largest absolute Gasteiger partial charge is 0.389 e. The molecule has 0 saturated heterocycles. The maximum Gasteiger partial charge on any atom is 0.0897 e. The number of ether oxygens (including phenoxy) is 2. The van der Waals surface area contributed by atoms with Crippen molar-refractivity contribution in [1.29, 1.82) is 0 Å². The Morgan fingerprint density at radius 1 is 1.06 bits per heavy atom. The molecule has 0 aromatic heterocycles. The number of hydrogen-bond donors (Lipinski definition) is 2. The Balaban J connectivity index is 3.54. The summed E-state index contributed by atoms with van der Waals surface area (Å²) in [5.74, 6) is 0.734. The van der Waals surface area contributed by atoms with E-state index in [-0.39, 0.29) is 6.10 Å². The average Bonchev–Trinajstić information content (AvgIpc) is 2.31. The highest BCUT2D eigenvalue weighted by Gasteiger charge is 2.10. The number of rotatable bonds is 11. The smallest absolute Gasteiger partial charge is 0.0897 e. The van der Waals surface area contributed by atoms with Crippen molar-refractivity contribution in [1.82, 2.24) is 5.32 Å². The van der Waals surface area contributed by atoms with E-state index < -0.39 is 6.10 Å². The number of aliphatic hydroxyl groups excluding tert-OH is 1. The Morgan fingerprint density at radius 3 is 2.28 bits per heavy atom. The van der Waals surface area contributed by atoms with Crippen LogP contribution in [0.4, 0.5) is 0 Å². The molecule has 18 heavy (non-hydrogen) atoms. The molecule has 0 aliphatic rings. The molecule has 4 heteroatoms. The van der Waals surface area contributed by atoms with Gasteiger partial charge in [-0.1, -0.05) is 13.8 Å². The van der Waals surface area contributed by atoms with Crippen LogP contribution in [0.15, 0.2) is 0 Å². The van der Waals surface area contributed by atoms with Gasteiger partial charge >= 0.3 is 0 Å². The SMILES string of the molecule is COCC(C)OCC(O)CNC(C)CCC(C)C. The third-order valence-corrected chi connectivity index (χ3v) is 2.85. The van der Waals surface area contributed by atoms with Gasteiger partial charge in [-0.3, -0.25) is 0 Å². The molecule has 0 saturated carbocycles. The lowest BCUT2D eigenvalue weighted by Gasteiger charge is -2.19. The molecule has 2 N–H and O–H groups in total. The fourth-order valence-corrected chi connectivity index (χ4v) is 1.64. The summed E-state index contributed by atoms with van der Waals surface area (Å²) in [7, 11) is 1.65. The van der Waals surface area contributed by atoms with Crippen LogP contribution in [0.25, 0.3) is 0 Å². The number of aliphatic hydroxyl groups is 1. The summed E-state index contributed by atoms with van der Waals surface area (Å²) in [6.45, 7) is 10.1. The third-order valence-electron chi connectivity index (χ3n) is 2.85. The van der Waals surface area contributed by atoms with Gasteiger partial charge < -0.3 is 19.9 Å². The van der Waals surface area contributed by atoms with Crippen LogP contribution in [-0.2, 0) is 9.47 Å². The predicted molar refractivity (Wildman–Crippen MR) is 74.8 cm³/mol. The molecular weight excluding hydrogens is 230 g/mol. The molecule has 3 atom stereocenters. The van der Waals surface area contributed by atoms with Gasteiger partial charge in [0.1, 0.15) is 0 Å². The summed E-state index contributed by atoms with van der Waals surface area (Å²) in [6, 6.07) is 0.443. The molecule has 0 heterocycles. The van der Waals surface area contributed by atoms with Gasteiger partial charge in [0.05, 0.1) is 25.4 Å². The second-order valence-electron chi connectivity index (χ2n) is 5.53. The lowest BCUT2D eigenvalue weighted by molar-refractivity contribution is -0.0315. The number of nitrogens with one attached hydrogen (secondary N) is 1. The predicted octanol–water partition coefficient (Wildman–Crippen LogP) is 1.81. The summed E-state index contributed by atoms with van der Waals surface area (Å²) in [5, 5.41) is 13.1. The minimum absolute atomic E-state index is 0.0306. The summed E-state index contributed by atoms with van der Waals surface area (Å²) in [4.78, 5) is 0. The fourth-order valence-electron chi connectivity index (χ4n) is 1.64. The van der Waals surface area contributed by atoms with Gasteiger partial charge in [-0.25, -0.2) is 0 Å². The van der Waals surface area contributed by atoms with E-state index in [9.17, 15) is 5.11 Å². The standard InChI is InChI=1S/C14H31NO3/c1-11(2)6-7-12(3)15-8-14(16)10-18-13(4)9-17-5/h11-16H,6-10H2,1-5H3. The van der Waals surface area contributed by atoms with Gasteiger partial charge in [0, 0.05) is 19.7 Å². The Hall–Kier alpha value is -0.160. The van der Waals surface area contributed by atoms with Crippen LogP contribution < -0.4 is 5.32 Å². The van der Waals surface area contributed by atoms with Gasteiger partial charge in [-0.15, -0.1) is 0 Å². The van der Waals surface area contributed by atoms with Gasteiger partial charge in [0.2, 0.25) is 0 Å². The maximum atomic E-state index is 9.76. The van der Waals surface area contributed by atoms with Crippen LogP contribution in [0, 0.1) is 5.92 Å². The zero-order chi connectivity index (χ0) is 14.0. The second kappa shape index (κ2) is 10.7. The zero-order valence-electron chi connectivity index (χ0n) is 12.6. The number of hydrogen-bond acceptors (Lipinski definition) is 4. The van der Waals surface area contributed by atoms with E-state index in [4.69, 9.17) is 9.47 Å². The molecule has 0 spiro atoms. The van der Waals surface area contributed by atoms with Crippen molar-refractivity contribution >= 4 is 0 Å². The molecule has 0 aromatic rings. The number of methoxy groups -OCH3 is 1. The first-order valence-electron chi connectivity index (χ1n) is 6.97. The van der Waals surface area contributed by atoms with E-state index in [2.05, 4.69) is 26.1 Å².